The van der Waals surface area contributed by atoms with E-state index in [1.165, 1.54) is 0 Å². The highest BCUT2D eigenvalue weighted by Crippen LogP contribution is 2.46. The Balaban J connectivity index is 2.59. The Morgan fingerprint density at radius 1 is 1.57 bits per heavy atom. The van der Waals surface area contributed by atoms with E-state index in [2.05, 4.69) is 15.9 Å². The molecular formula is C10H10BrNO2. The van der Waals surface area contributed by atoms with Gasteiger partial charge in [0.15, 0.2) is 0 Å². The van der Waals surface area contributed by atoms with Crippen LogP contribution in [0, 0.1) is 0 Å². The smallest absolute Gasteiger partial charge is 0.328 e. The molecule has 1 aliphatic rings. The molecule has 0 amide bonds. The van der Waals surface area contributed by atoms with E-state index in [9.17, 15) is 4.79 Å². The van der Waals surface area contributed by atoms with Crippen molar-refractivity contribution in [3.05, 3.63) is 35.4 Å². The molecule has 3 nitrogen and oxygen atoms in total. The van der Waals surface area contributed by atoms with Crippen molar-refractivity contribution in [2.45, 2.75) is 16.8 Å². The van der Waals surface area contributed by atoms with Crippen LogP contribution in [0.5, 0.6) is 0 Å². The first kappa shape index (κ1) is 9.68. The fourth-order valence-corrected chi connectivity index (χ4v) is 2.79. The molecule has 0 spiro atoms. The van der Waals surface area contributed by atoms with Crippen molar-refractivity contribution in [3.63, 3.8) is 0 Å². The number of hydrogen-bond acceptors (Lipinski definition) is 2. The van der Waals surface area contributed by atoms with Gasteiger partial charge < -0.3 is 10.8 Å². The first-order valence-electron chi connectivity index (χ1n) is 4.31. The van der Waals surface area contributed by atoms with Crippen molar-refractivity contribution in [2.24, 2.45) is 5.73 Å². The zero-order chi connectivity index (χ0) is 10.3. The summed E-state index contributed by atoms with van der Waals surface area (Å²) in [5, 5.41) is 9.09. The predicted octanol–water partition coefficient (Wildman–Crippen LogP) is 1.76. The van der Waals surface area contributed by atoms with Crippen LogP contribution in [-0.2, 0) is 10.3 Å². The highest BCUT2D eigenvalue weighted by Gasteiger charge is 2.45. The molecule has 0 aromatic heterocycles. The topological polar surface area (TPSA) is 63.3 Å². The van der Waals surface area contributed by atoms with Crippen molar-refractivity contribution in [1.29, 1.82) is 0 Å². The van der Waals surface area contributed by atoms with E-state index in [4.69, 9.17) is 10.8 Å². The van der Waals surface area contributed by atoms with Gasteiger partial charge >= 0.3 is 5.97 Å². The summed E-state index contributed by atoms with van der Waals surface area (Å²) >= 11 is 3.44. The number of fused-ring (bicyclic) bond motifs is 1. The summed E-state index contributed by atoms with van der Waals surface area (Å²) in [6, 6.07) is 7.39. The summed E-state index contributed by atoms with van der Waals surface area (Å²) in [4.78, 5) is 11.1. The minimum Gasteiger partial charge on any atom is -0.480 e. The molecule has 1 aliphatic carbocycles. The lowest BCUT2D eigenvalue weighted by atomic mass is 9.93. The Morgan fingerprint density at radius 2 is 2.21 bits per heavy atom. The van der Waals surface area contributed by atoms with Crippen LogP contribution in [0.4, 0.5) is 0 Å². The summed E-state index contributed by atoms with van der Waals surface area (Å²) in [5.41, 5.74) is 6.34. The fourth-order valence-electron chi connectivity index (χ4n) is 1.88. The molecule has 3 N–H and O–H groups in total. The number of hydrogen-bond donors (Lipinski definition) is 2. The highest BCUT2D eigenvalue weighted by atomic mass is 79.9. The minimum absolute atomic E-state index is 0.0415. The van der Waals surface area contributed by atoms with Crippen LogP contribution in [0.15, 0.2) is 24.3 Å². The number of carbonyl (C=O) groups is 1. The van der Waals surface area contributed by atoms with E-state index < -0.39 is 11.5 Å². The number of benzene rings is 1. The van der Waals surface area contributed by atoms with Crippen molar-refractivity contribution in [1.82, 2.24) is 0 Å². The number of halogens is 1. The second-order valence-electron chi connectivity index (χ2n) is 3.54. The molecule has 14 heavy (non-hydrogen) atoms. The van der Waals surface area contributed by atoms with Crippen LogP contribution < -0.4 is 5.73 Å². The molecule has 2 rings (SSSR count). The number of carboxylic acid groups (broad SMARTS) is 1. The Kier molecular flexibility index (Phi) is 2.12. The average Bonchev–Trinajstić information content (AvgIpc) is 2.42. The van der Waals surface area contributed by atoms with Crippen molar-refractivity contribution >= 4 is 21.9 Å². The standard InChI is InChI=1S/C10H10BrNO2/c11-8-5-10(12,9(13)14)7-4-2-1-3-6(7)8/h1-4,8H,5,12H2,(H,13,14). The Morgan fingerprint density at radius 3 is 2.86 bits per heavy atom. The molecule has 0 aliphatic heterocycles. The van der Waals surface area contributed by atoms with Gasteiger partial charge in [0.1, 0.15) is 5.54 Å². The molecule has 0 saturated carbocycles. The third-order valence-corrected chi connectivity index (χ3v) is 3.48. The van der Waals surface area contributed by atoms with E-state index in [1.54, 1.807) is 6.07 Å². The monoisotopic (exact) mass is 255 g/mol. The number of carboxylic acids is 1. The van der Waals surface area contributed by atoms with E-state index >= 15 is 0 Å². The molecule has 0 radical (unpaired) electrons. The molecule has 0 saturated heterocycles. The van der Waals surface area contributed by atoms with Gasteiger partial charge in [0.05, 0.1) is 0 Å². The molecule has 4 heteroatoms. The molecule has 1 aromatic carbocycles. The van der Waals surface area contributed by atoms with Crippen LogP contribution in [-0.4, -0.2) is 11.1 Å². The van der Waals surface area contributed by atoms with Gasteiger partial charge in [-0.3, -0.25) is 0 Å². The van der Waals surface area contributed by atoms with Gasteiger partial charge in [-0.05, 0) is 17.5 Å². The number of aliphatic carboxylic acids is 1. The maximum absolute atomic E-state index is 11.1. The van der Waals surface area contributed by atoms with Crippen LogP contribution in [0.2, 0.25) is 0 Å². The zero-order valence-corrected chi connectivity index (χ0v) is 8.99. The normalized spacial score (nSPS) is 30.0. The van der Waals surface area contributed by atoms with Crippen molar-refractivity contribution < 1.29 is 9.90 Å². The second kappa shape index (κ2) is 3.07. The lowest BCUT2D eigenvalue weighted by molar-refractivity contribution is -0.143. The zero-order valence-electron chi connectivity index (χ0n) is 7.40. The average molecular weight is 256 g/mol. The summed E-state index contributed by atoms with van der Waals surface area (Å²) < 4.78 is 0. The van der Waals surface area contributed by atoms with Gasteiger partial charge in [-0.2, -0.15) is 0 Å². The molecule has 2 unspecified atom stereocenters. The highest BCUT2D eigenvalue weighted by molar-refractivity contribution is 9.09. The third-order valence-electron chi connectivity index (χ3n) is 2.66. The molecule has 74 valence electrons. The first-order chi connectivity index (χ1) is 6.55. The molecule has 2 atom stereocenters. The van der Waals surface area contributed by atoms with E-state index in [-0.39, 0.29) is 4.83 Å². The molecule has 0 heterocycles. The maximum atomic E-state index is 11.1. The van der Waals surface area contributed by atoms with E-state index in [0.29, 0.717) is 6.42 Å². The quantitative estimate of drug-likeness (QED) is 0.752. The van der Waals surface area contributed by atoms with Crippen LogP contribution >= 0.6 is 15.9 Å². The largest absolute Gasteiger partial charge is 0.480 e. The summed E-state index contributed by atoms with van der Waals surface area (Å²) in [7, 11) is 0. The molecule has 0 fully saturated rings. The lowest BCUT2D eigenvalue weighted by Crippen LogP contribution is -2.42. The SMILES string of the molecule is NC1(C(=O)O)CC(Br)c2ccccc21. The predicted molar refractivity (Wildman–Crippen MR) is 56.2 cm³/mol. The Labute approximate surface area is 90.0 Å². The number of alkyl halides is 1. The van der Waals surface area contributed by atoms with Crippen molar-refractivity contribution in [2.75, 3.05) is 0 Å². The molecule has 0 bridgehead atoms. The fraction of sp³-hybridized carbons (Fsp3) is 0.300. The van der Waals surface area contributed by atoms with Crippen molar-refractivity contribution in [3.8, 4) is 0 Å². The van der Waals surface area contributed by atoms with E-state index in [0.717, 1.165) is 11.1 Å². The number of rotatable bonds is 1. The van der Waals surface area contributed by atoms with Gasteiger partial charge in [-0.25, -0.2) is 4.79 Å². The minimum atomic E-state index is -1.23. The summed E-state index contributed by atoms with van der Waals surface area (Å²) in [6.07, 6.45) is 0.404. The van der Waals surface area contributed by atoms with Gasteiger partial charge in [0.2, 0.25) is 0 Å². The van der Waals surface area contributed by atoms with E-state index in [1.807, 2.05) is 18.2 Å². The van der Waals surface area contributed by atoms with Gasteiger partial charge in [0.25, 0.3) is 0 Å². The lowest BCUT2D eigenvalue weighted by Gasteiger charge is -2.19. The second-order valence-corrected chi connectivity index (χ2v) is 4.64. The van der Waals surface area contributed by atoms with Gasteiger partial charge in [0, 0.05) is 4.83 Å². The molecular weight excluding hydrogens is 246 g/mol. The Hall–Kier alpha value is -0.870. The van der Waals surface area contributed by atoms with Crippen LogP contribution in [0.1, 0.15) is 22.4 Å². The summed E-state index contributed by atoms with van der Waals surface area (Å²) in [5.74, 6) is -0.966. The Bertz CT molecular complexity index is 393. The van der Waals surface area contributed by atoms with Gasteiger partial charge in [-0.1, -0.05) is 40.2 Å². The van der Waals surface area contributed by atoms with Crippen LogP contribution in [0.3, 0.4) is 0 Å². The summed E-state index contributed by atoms with van der Waals surface area (Å²) in [6.45, 7) is 0. The maximum Gasteiger partial charge on any atom is 0.328 e. The molecule has 1 aromatic rings. The third kappa shape index (κ3) is 1.18. The van der Waals surface area contributed by atoms with Gasteiger partial charge in [-0.15, -0.1) is 0 Å². The number of nitrogens with two attached hydrogens (primary N) is 1. The first-order valence-corrected chi connectivity index (χ1v) is 5.23. The van der Waals surface area contributed by atoms with Crippen LogP contribution in [0.25, 0.3) is 0 Å².